The topological polar surface area (TPSA) is 59.8 Å². The van der Waals surface area contributed by atoms with Crippen LogP contribution >= 0.6 is 23.2 Å². The van der Waals surface area contributed by atoms with Gasteiger partial charge in [-0.05, 0) is 64.8 Å². The van der Waals surface area contributed by atoms with Crippen LogP contribution in [-0.2, 0) is 27.2 Å². The first kappa shape index (κ1) is 44.2. The number of aldehydes is 1. The number of carbonyl (C=O) groups excluding carboxylic acids is 2. The van der Waals surface area contributed by atoms with E-state index in [1.54, 1.807) is 0 Å². The van der Waals surface area contributed by atoms with E-state index in [0.717, 1.165) is 58.1 Å². The van der Waals surface area contributed by atoms with Crippen LogP contribution in [0.15, 0.2) is 112 Å². The monoisotopic (exact) mass is 695 g/mol. The molecule has 0 bridgehead atoms. The summed E-state index contributed by atoms with van der Waals surface area (Å²) in [6.07, 6.45) is 19.2. The van der Waals surface area contributed by atoms with Gasteiger partial charge in [0.1, 0.15) is 29.4 Å². The van der Waals surface area contributed by atoms with E-state index in [1.165, 1.54) is 0 Å². The summed E-state index contributed by atoms with van der Waals surface area (Å²) in [5, 5.41) is 1.25. The minimum Gasteiger partial charge on any atom is -0.460 e. The van der Waals surface area contributed by atoms with E-state index >= 15 is 0 Å². The van der Waals surface area contributed by atoms with E-state index < -0.39 is 11.6 Å². The smallest absolute Gasteiger partial charge is 0.329 e. The normalized spacial score (nSPS) is 12.9. The van der Waals surface area contributed by atoms with Gasteiger partial charge in [-0.15, -0.1) is 0 Å². The quantitative estimate of drug-likeness (QED) is 0.133. The molecule has 1 atom stereocenters. The molecule has 7 heteroatoms. The summed E-state index contributed by atoms with van der Waals surface area (Å²) in [4.78, 5) is 24.7. The minimum atomic E-state index is -0.563. The number of carbonyl (C=O) groups is 2. The lowest BCUT2D eigenvalue weighted by Crippen LogP contribution is -2.43. The molecule has 1 aromatic carbocycles. The van der Waals surface area contributed by atoms with Gasteiger partial charge >= 0.3 is 5.97 Å². The van der Waals surface area contributed by atoms with Gasteiger partial charge in [-0.1, -0.05) is 124 Å². The van der Waals surface area contributed by atoms with Crippen molar-refractivity contribution >= 4 is 47.1 Å². The fourth-order valence-corrected chi connectivity index (χ4v) is 4.04. The van der Waals surface area contributed by atoms with Gasteiger partial charge < -0.3 is 18.8 Å². The summed E-state index contributed by atoms with van der Waals surface area (Å²) < 4.78 is 11.9. The number of halogens is 2. The van der Waals surface area contributed by atoms with Crippen molar-refractivity contribution in [1.82, 2.24) is 4.90 Å². The van der Waals surface area contributed by atoms with Crippen LogP contribution in [0.3, 0.4) is 0 Å². The number of allylic oxidation sites excluding steroid dienone is 10. The summed E-state index contributed by atoms with van der Waals surface area (Å²) in [6.45, 7) is 23.0. The van der Waals surface area contributed by atoms with E-state index in [4.69, 9.17) is 32.4 Å². The molecule has 0 saturated heterocycles. The number of hydrogen-bond acceptors (Lipinski definition) is 5. The number of fused-ring (bicyclic) bond motifs is 1. The Labute approximate surface area is 300 Å². The highest BCUT2D eigenvalue weighted by molar-refractivity contribution is 6.30. The predicted molar refractivity (Wildman–Crippen MR) is 207 cm³/mol. The number of hydrogen-bond donors (Lipinski definition) is 0. The second-order valence-corrected chi connectivity index (χ2v) is 12.6. The van der Waals surface area contributed by atoms with E-state index in [2.05, 4.69) is 32.2 Å². The first-order chi connectivity index (χ1) is 22.7. The number of benzene rings is 1. The third kappa shape index (κ3) is 18.5. The second kappa shape index (κ2) is 24.4. The highest BCUT2D eigenvalue weighted by Crippen LogP contribution is 2.26. The Morgan fingerprint density at radius 2 is 1.73 bits per heavy atom. The molecule has 0 spiro atoms. The fourth-order valence-electron chi connectivity index (χ4n) is 3.98. The van der Waals surface area contributed by atoms with Gasteiger partial charge in [0.15, 0.2) is 0 Å². The van der Waals surface area contributed by atoms with E-state index in [0.29, 0.717) is 11.5 Å². The van der Waals surface area contributed by atoms with E-state index in [1.807, 2.05) is 133 Å². The number of rotatable bonds is 11. The molecule has 262 valence electrons. The zero-order chi connectivity index (χ0) is 36.7. The maximum atomic E-state index is 13.3. The largest absolute Gasteiger partial charge is 0.460 e. The van der Waals surface area contributed by atoms with Gasteiger partial charge in [0.25, 0.3) is 0 Å². The maximum absolute atomic E-state index is 13.3. The Balaban J connectivity index is 0.00000145. The Bertz CT molecular complexity index is 1430. The van der Waals surface area contributed by atoms with Crippen LogP contribution in [-0.4, -0.2) is 35.8 Å². The van der Waals surface area contributed by atoms with Gasteiger partial charge in [-0.3, -0.25) is 0 Å². The molecule has 0 fully saturated rings. The molecule has 0 N–H and O–H groups in total. The fraction of sp³-hybridized carbons (Fsp3) is 0.366. The van der Waals surface area contributed by atoms with Crippen LogP contribution in [0.1, 0.15) is 90.9 Å². The summed E-state index contributed by atoms with van der Waals surface area (Å²) in [7, 11) is 1.94. The molecule has 1 heterocycles. The van der Waals surface area contributed by atoms with E-state index in [-0.39, 0.29) is 12.4 Å². The van der Waals surface area contributed by atoms with Crippen molar-refractivity contribution < 1.29 is 18.7 Å². The molecule has 1 aliphatic rings. The number of furan rings is 1. The highest BCUT2D eigenvalue weighted by atomic mass is 35.5. The Kier molecular flexibility index (Phi) is 22.4. The van der Waals surface area contributed by atoms with E-state index in [9.17, 15) is 9.59 Å². The van der Waals surface area contributed by atoms with Crippen LogP contribution in [0, 0.1) is 0 Å². The van der Waals surface area contributed by atoms with Gasteiger partial charge in [-0.2, -0.15) is 0 Å². The third-order valence-corrected chi connectivity index (χ3v) is 6.75. The van der Waals surface area contributed by atoms with Gasteiger partial charge in [0.05, 0.1) is 0 Å². The molecule has 1 aromatic heterocycles. The van der Waals surface area contributed by atoms with Crippen LogP contribution in [0.5, 0.6) is 0 Å². The first-order valence-electron chi connectivity index (χ1n) is 16.3. The molecule has 5 nitrogen and oxygen atoms in total. The number of likely N-dealkylation sites (N-methyl/N-ethyl adjacent to an activating group) is 1. The lowest BCUT2D eigenvalue weighted by molar-refractivity contribution is -0.160. The number of esters is 1. The average Bonchev–Trinajstić information content (AvgIpc) is 3.32. The molecule has 0 aliphatic heterocycles. The van der Waals surface area contributed by atoms with Crippen LogP contribution in [0.2, 0.25) is 0 Å². The Hall–Kier alpha value is -3.80. The molecule has 0 amide bonds. The molecule has 0 saturated carbocycles. The number of nitrogens with zero attached hydrogens (tertiary/aromatic N) is 1. The molecular weight excluding hydrogens is 641 g/mol. The number of ether oxygens (including phenoxy) is 1. The summed E-state index contributed by atoms with van der Waals surface area (Å²) in [6, 6.07) is 11.6. The Morgan fingerprint density at radius 3 is 2.23 bits per heavy atom. The summed E-state index contributed by atoms with van der Waals surface area (Å²) >= 11 is 10.5. The molecule has 1 unspecified atom stereocenters. The standard InChI is InChI=1S/C31H37NO3.C4H5ClO.C4H7Cl.C2H6/c1-7-14-26(20-19-23(2)29-22-25-17-12-9-13-18-28(25)34-29)32(6)27(30(33)35-31(3,4)5)21-24-15-10-8-11-16-24;1-4(5)2-3-6;1-3-4(2)5;1-2/h8-17,19-20,22,27H,2,7,18,21H2,1,3-6H3;3H,1-2H2;3H,1-2H3;1-2H3/b20-19-,26-14+;;4-3+;. The molecule has 3 rings (SSSR count). The van der Waals surface area contributed by atoms with Crippen molar-refractivity contribution in [3.05, 3.63) is 130 Å². The van der Waals surface area contributed by atoms with Crippen LogP contribution in [0.25, 0.3) is 11.6 Å². The van der Waals surface area contributed by atoms with Crippen molar-refractivity contribution in [2.45, 2.75) is 92.7 Å². The lowest BCUT2D eigenvalue weighted by Gasteiger charge is -2.32. The summed E-state index contributed by atoms with van der Waals surface area (Å²) in [5.41, 5.74) is 3.30. The summed E-state index contributed by atoms with van der Waals surface area (Å²) in [5.74, 6) is 1.44. The SMILES string of the molecule is C/C=C(\C)Cl.C=C(/C=C\C(=C/CC)N(C)C(Cc1ccccc1)C(=O)OC(C)(C)C)c1cc2c(o1)CC=CC=C2.C=C(Cl)CC=O.CC. The van der Waals surface area contributed by atoms with Crippen LogP contribution in [0.4, 0.5) is 0 Å². The molecule has 2 aromatic rings. The first-order valence-corrected chi connectivity index (χ1v) is 17.1. The van der Waals surface area contributed by atoms with Gasteiger partial charge in [0, 0.05) is 53.2 Å². The molecule has 48 heavy (non-hydrogen) atoms. The molecular formula is C41H55Cl2NO4. The van der Waals surface area contributed by atoms with Gasteiger partial charge in [0.2, 0.25) is 0 Å². The maximum Gasteiger partial charge on any atom is 0.329 e. The van der Waals surface area contributed by atoms with Crippen molar-refractivity contribution in [1.29, 1.82) is 0 Å². The molecule has 0 radical (unpaired) electrons. The Morgan fingerprint density at radius 1 is 1.10 bits per heavy atom. The molecule has 1 aliphatic carbocycles. The van der Waals surface area contributed by atoms with Crippen LogP contribution < -0.4 is 0 Å². The predicted octanol–water partition coefficient (Wildman–Crippen LogP) is 11.7. The minimum absolute atomic E-state index is 0.243. The van der Waals surface area contributed by atoms with Crippen molar-refractivity contribution in [2.75, 3.05) is 7.05 Å². The van der Waals surface area contributed by atoms with Crippen molar-refractivity contribution in [2.24, 2.45) is 0 Å². The van der Waals surface area contributed by atoms with Gasteiger partial charge in [-0.25, -0.2) is 4.79 Å². The third-order valence-electron chi connectivity index (χ3n) is 6.38. The zero-order valence-corrected chi connectivity index (χ0v) is 31.8. The average molecular weight is 697 g/mol. The second-order valence-electron chi connectivity index (χ2n) is 11.5. The zero-order valence-electron chi connectivity index (χ0n) is 30.3. The van der Waals surface area contributed by atoms with Crippen molar-refractivity contribution in [3.63, 3.8) is 0 Å². The highest BCUT2D eigenvalue weighted by Gasteiger charge is 2.29. The lowest BCUT2D eigenvalue weighted by atomic mass is 10.0. The van der Waals surface area contributed by atoms with Crippen molar-refractivity contribution in [3.8, 4) is 0 Å².